The summed E-state index contributed by atoms with van der Waals surface area (Å²) >= 11 is 0. The first-order valence-corrected chi connectivity index (χ1v) is 8.10. The summed E-state index contributed by atoms with van der Waals surface area (Å²) in [5.41, 5.74) is 2.75. The largest absolute Gasteiger partial charge is 0.383 e. The van der Waals surface area contributed by atoms with Gasteiger partial charge in [-0.1, -0.05) is 29.8 Å². The fourth-order valence-electron chi connectivity index (χ4n) is 3.09. The molecule has 1 aromatic rings. The van der Waals surface area contributed by atoms with Crippen LogP contribution in [0.4, 0.5) is 0 Å². The number of aryl methyl sites for hydroxylation is 1. The first-order valence-electron chi connectivity index (χ1n) is 8.10. The van der Waals surface area contributed by atoms with E-state index in [0.717, 1.165) is 26.1 Å². The molecule has 1 heterocycles. The molecular weight excluding hydrogens is 262 g/mol. The molecule has 1 aromatic carbocycles. The van der Waals surface area contributed by atoms with Gasteiger partial charge in [0, 0.05) is 20.2 Å². The van der Waals surface area contributed by atoms with Crippen LogP contribution in [-0.2, 0) is 9.47 Å². The van der Waals surface area contributed by atoms with Crippen molar-refractivity contribution in [2.24, 2.45) is 0 Å². The Morgan fingerprint density at radius 1 is 1.38 bits per heavy atom. The maximum Gasteiger partial charge on any atom is 0.0587 e. The SMILES string of the molecule is COCCNCC(CC1CCC(C)O1)c1cccc(C)c1. The fourth-order valence-corrected chi connectivity index (χ4v) is 3.09. The molecule has 0 amide bonds. The molecule has 2 rings (SSSR count). The average Bonchev–Trinajstić information content (AvgIpc) is 2.87. The second kappa shape index (κ2) is 8.52. The van der Waals surface area contributed by atoms with Crippen molar-refractivity contribution in [3.8, 4) is 0 Å². The molecule has 0 radical (unpaired) electrons. The van der Waals surface area contributed by atoms with Gasteiger partial charge in [0.05, 0.1) is 18.8 Å². The van der Waals surface area contributed by atoms with Crippen LogP contribution in [0.1, 0.15) is 43.2 Å². The number of hydrogen-bond acceptors (Lipinski definition) is 3. The van der Waals surface area contributed by atoms with Crippen molar-refractivity contribution in [3.05, 3.63) is 35.4 Å². The zero-order valence-corrected chi connectivity index (χ0v) is 13.6. The highest BCUT2D eigenvalue weighted by molar-refractivity contribution is 5.26. The van der Waals surface area contributed by atoms with Gasteiger partial charge >= 0.3 is 0 Å². The van der Waals surface area contributed by atoms with E-state index in [0.29, 0.717) is 18.1 Å². The lowest BCUT2D eigenvalue weighted by molar-refractivity contribution is 0.0465. The van der Waals surface area contributed by atoms with Gasteiger partial charge < -0.3 is 14.8 Å². The van der Waals surface area contributed by atoms with Crippen LogP contribution in [0.3, 0.4) is 0 Å². The van der Waals surface area contributed by atoms with Gasteiger partial charge in [-0.3, -0.25) is 0 Å². The van der Waals surface area contributed by atoms with Crippen LogP contribution < -0.4 is 5.32 Å². The van der Waals surface area contributed by atoms with Gasteiger partial charge in [-0.05, 0) is 44.6 Å². The molecule has 1 aliphatic heterocycles. The first kappa shape index (κ1) is 16.5. The minimum absolute atomic E-state index is 0.412. The maximum absolute atomic E-state index is 6.02. The van der Waals surface area contributed by atoms with Crippen molar-refractivity contribution in [1.82, 2.24) is 5.32 Å². The Morgan fingerprint density at radius 2 is 2.24 bits per heavy atom. The number of hydrogen-bond donors (Lipinski definition) is 1. The van der Waals surface area contributed by atoms with E-state index in [1.807, 2.05) is 0 Å². The third-order valence-electron chi connectivity index (χ3n) is 4.25. The molecule has 1 aliphatic rings. The number of nitrogens with one attached hydrogen (secondary N) is 1. The van der Waals surface area contributed by atoms with Crippen LogP contribution in [0.25, 0.3) is 0 Å². The Hall–Kier alpha value is -0.900. The smallest absolute Gasteiger partial charge is 0.0587 e. The Balaban J connectivity index is 1.96. The predicted octanol–water partition coefficient (Wildman–Crippen LogP) is 3.27. The van der Waals surface area contributed by atoms with Crippen molar-refractivity contribution in [2.75, 3.05) is 26.8 Å². The summed E-state index contributed by atoms with van der Waals surface area (Å²) in [6.45, 7) is 6.99. The summed E-state index contributed by atoms with van der Waals surface area (Å²) in [5.74, 6) is 0.511. The third-order valence-corrected chi connectivity index (χ3v) is 4.25. The standard InChI is InChI=1S/C18H29NO2/c1-14-5-4-6-16(11-14)17(13-19-9-10-20-3)12-18-8-7-15(2)21-18/h4-6,11,15,17-19H,7-10,12-13H2,1-3H3. The third kappa shape index (κ3) is 5.42. The fraction of sp³-hybridized carbons (Fsp3) is 0.667. The molecule has 0 aliphatic carbocycles. The summed E-state index contributed by atoms with van der Waals surface area (Å²) in [7, 11) is 1.74. The van der Waals surface area contributed by atoms with E-state index in [4.69, 9.17) is 9.47 Å². The summed E-state index contributed by atoms with van der Waals surface area (Å²) in [6, 6.07) is 8.87. The lowest BCUT2D eigenvalue weighted by Crippen LogP contribution is -2.27. The molecule has 1 fully saturated rings. The maximum atomic E-state index is 6.02. The van der Waals surface area contributed by atoms with E-state index in [1.54, 1.807) is 7.11 Å². The average molecular weight is 291 g/mol. The van der Waals surface area contributed by atoms with Crippen molar-refractivity contribution < 1.29 is 9.47 Å². The molecule has 3 atom stereocenters. The Labute approximate surface area is 129 Å². The van der Waals surface area contributed by atoms with Gasteiger partial charge in [0.1, 0.15) is 0 Å². The molecule has 3 nitrogen and oxygen atoms in total. The summed E-state index contributed by atoms with van der Waals surface area (Å²) in [5, 5.41) is 3.51. The number of ether oxygens (including phenoxy) is 2. The lowest BCUT2D eigenvalue weighted by atomic mass is 9.91. The Kier molecular flexibility index (Phi) is 6.68. The van der Waals surface area contributed by atoms with Gasteiger partial charge in [-0.25, -0.2) is 0 Å². The highest BCUT2D eigenvalue weighted by Gasteiger charge is 2.25. The summed E-state index contributed by atoms with van der Waals surface area (Å²) in [4.78, 5) is 0. The van der Waals surface area contributed by atoms with E-state index in [9.17, 15) is 0 Å². The summed E-state index contributed by atoms with van der Waals surface area (Å²) < 4.78 is 11.1. The minimum atomic E-state index is 0.412. The zero-order valence-electron chi connectivity index (χ0n) is 13.6. The molecule has 3 unspecified atom stereocenters. The zero-order chi connectivity index (χ0) is 15.1. The van der Waals surface area contributed by atoms with E-state index in [2.05, 4.69) is 43.4 Å². The van der Waals surface area contributed by atoms with Crippen LogP contribution in [0.15, 0.2) is 24.3 Å². The van der Waals surface area contributed by atoms with Crippen LogP contribution in [0.2, 0.25) is 0 Å². The van der Waals surface area contributed by atoms with Crippen LogP contribution in [0, 0.1) is 6.92 Å². The Morgan fingerprint density at radius 3 is 2.90 bits per heavy atom. The van der Waals surface area contributed by atoms with Crippen molar-refractivity contribution >= 4 is 0 Å². The molecule has 0 spiro atoms. The molecule has 1 saturated heterocycles. The normalized spacial score (nSPS) is 23.4. The second-order valence-electron chi connectivity index (χ2n) is 6.19. The molecule has 1 N–H and O–H groups in total. The predicted molar refractivity (Wildman–Crippen MR) is 86.9 cm³/mol. The van der Waals surface area contributed by atoms with Crippen LogP contribution in [0.5, 0.6) is 0 Å². The highest BCUT2D eigenvalue weighted by Crippen LogP contribution is 2.29. The lowest BCUT2D eigenvalue weighted by Gasteiger charge is -2.22. The molecular formula is C18H29NO2. The highest BCUT2D eigenvalue weighted by atomic mass is 16.5. The number of benzene rings is 1. The van der Waals surface area contributed by atoms with Crippen molar-refractivity contribution in [1.29, 1.82) is 0 Å². The van der Waals surface area contributed by atoms with Gasteiger partial charge in [0.15, 0.2) is 0 Å². The van der Waals surface area contributed by atoms with Crippen LogP contribution >= 0.6 is 0 Å². The molecule has 0 bridgehead atoms. The number of methoxy groups -OCH3 is 1. The van der Waals surface area contributed by atoms with Crippen LogP contribution in [-0.4, -0.2) is 39.0 Å². The van der Waals surface area contributed by atoms with E-state index < -0.39 is 0 Å². The quantitative estimate of drug-likeness (QED) is 0.746. The monoisotopic (exact) mass is 291 g/mol. The number of rotatable bonds is 8. The van der Waals surface area contributed by atoms with Gasteiger partial charge in [-0.2, -0.15) is 0 Å². The molecule has 0 saturated carbocycles. The molecule has 118 valence electrons. The van der Waals surface area contributed by atoms with Crippen molar-refractivity contribution in [2.45, 2.75) is 51.2 Å². The van der Waals surface area contributed by atoms with E-state index in [-0.39, 0.29) is 0 Å². The van der Waals surface area contributed by atoms with E-state index in [1.165, 1.54) is 24.0 Å². The van der Waals surface area contributed by atoms with Gasteiger partial charge in [-0.15, -0.1) is 0 Å². The Bertz CT molecular complexity index is 421. The summed E-state index contributed by atoms with van der Waals surface area (Å²) in [6.07, 6.45) is 4.34. The molecule has 0 aromatic heterocycles. The topological polar surface area (TPSA) is 30.5 Å². The van der Waals surface area contributed by atoms with Gasteiger partial charge in [0.25, 0.3) is 0 Å². The molecule has 21 heavy (non-hydrogen) atoms. The van der Waals surface area contributed by atoms with Gasteiger partial charge in [0.2, 0.25) is 0 Å². The second-order valence-corrected chi connectivity index (χ2v) is 6.19. The van der Waals surface area contributed by atoms with Crippen molar-refractivity contribution in [3.63, 3.8) is 0 Å². The molecule has 3 heteroatoms. The minimum Gasteiger partial charge on any atom is -0.383 e. The van der Waals surface area contributed by atoms with E-state index >= 15 is 0 Å². The first-order chi connectivity index (χ1) is 10.2.